The molecule has 3 rings (SSSR count). The summed E-state index contributed by atoms with van der Waals surface area (Å²) in [5.41, 5.74) is 1.03. The third kappa shape index (κ3) is 4.43. The summed E-state index contributed by atoms with van der Waals surface area (Å²) in [5.74, 6) is 0.237. The number of anilines is 2. The van der Waals surface area contributed by atoms with E-state index in [4.69, 9.17) is 4.74 Å². The summed E-state index contributed by atoms with van der Waals surface area (Å²) in [4.78, 5) is 47.5. The van der Waals surface area contributed by atoms with Crippen molar-refractivity contribution >= 4 is 29.8 Å². The van der Waals surface area contributed by atoms with Crippen LogP contribution in [0.3, 0.4) is 0 Å². The highest BCUT2D eigenvalue weighted by atomic mass is 16.5. The summed E-state index contributed by atoms with van der Waals surface area (Å²) in [6, 6.07) is 8.11. The van der Waals surface area contributed by atoms with Crippen LogP contribution < -0.4 is 10.2 Å². The van der Waals surface area contributed by atoms with Gasteiger partial charge in [-0.2, -0.15) is 0 Å². The van der Waals surface area contributed by atoms with E-state index in [1.165, 1.54) is 13.2 Å². The number of esters is 1. The molecule has 1 aromatic heterocycles. The largest absolute Gasteiger partial charge is 0.465 e. The number of benzene rings is 1. The van der Waals surface area contributed by atoms with Crippen molar-refractivity contribution in [2.45, 2.75) is 6.92 Å². The van der Waals surface area contributed by atoms with Crippen LogP contribution >= 0.6 is 0 Å². The average Bonchev–Trinajstić information content (AvgIpc) is 2.73. The van der Waals surface area contributed by atoms with E-state index >= 15 is 0 Å². The maximum Gasteiger partial charge on any atom is 0.337 e. The van der Waals surface area contributed by atoms with E-state index in [0.717, 1.165) is 6.41 Å². The average molecular weight is 383 g/mol. The molecule has 9 nitrogen and oxygen atoms in total. The molecule has 0 spiro atoms. The summed E-state index contributed by atoms with van der Waals surface area (Å²) in [7, 11) is 1.30. The molecule has 2 heterocycles. The number of rotatable bonds is 5. The molecule has 2 aromatic rings. The van der Waals surface area contributed by atoms with Gasteiger partial charge in [0.1, 0.15) is 17.3 Å². The van der Waals surface area contributed by atoms with Gasteiger partial charge in [-0.1, -0.05) is 6.07 Å². The molecular weight excluding hydrogens is 362 g/mol. The zero-order chi connectivity index (χ0) is 20.1. The summed E-state index contributed by atoms with van der Waals surface area (Å²) >= 11 is 0. The van der Waals surface area contributed by atoms with Gasteiger partial charge in [-0.15, -0.1) is 0 Å². The van der Waals surface area contributed by atoms with E-state index in [2.05, 4.69) is 15.3 Å². The Balaban J connectivity index is 1.76. The number of carbonyl (C=O) groups is 3. The molecule has 28 heavy (non-hydrogen) atoms. The SMILES string of the molecule is COC(=O)c1cccc(NC(=O)c2cc(N3CCN(C=O)CC3)nc(C)n2)c1. The first kappa shape index (κ1) is 19.3. The van der Waals surface area contributed by atoms with Crippen molar-refractivity contribution in [1.82, 2.24) is 14.9 Å². The van der Waals surface area contributed by atoms with Gasteiger partial charge in [0.15, 0.2) is 0 Å². The van der Waals surface area contributed by atoms with Crippen molar-refractivity contribution in [3.05, 3.63) is 47.4 Å². The lowest BCUT2D eigenvalue weighted by atomic mass is 10.2. The van der Waals surface area contributed by atoms with Crippen LogP contribution in [0.2, 0.25) is 0 Å². The number of piperazine rings is 1. The van der Waals surface area contributed by atoms with Gasteiger partial charge in [0.25, 0.3) is 5.91 Å². The predicted octanol–water partition coefficient (Wildman–Crippen LogP) is 1.10. The van der Waals surface area contributed by atoms with Crippen molar-refractivity contribution in [2.24, 2.45) is 0 Å². The number of hydrogen-bond donors (Lipinski definition) is 1. The minimum Gasteiger partial charge on any atom is -0.465 e. The first-order valence-electron chi connectivity index (χ1n) is 8.80. The minimum absolute atomic E-state index is 0.226. The fourth-order valence-corrected chi connectivity index (χ4v) is 2.92. The molecule has 0 atom stereocenters. The maximum absolute atomic E-state index is 12.7. The highest BCUT2D eigenvalue weighted by molar-refractivity contribution is 6.04. The second-order valence-corrected chi connectivity index (χ2v) is 6.31. The maximum atomic E-state index is 12.7. The molecule has 1 N–H and O–H groups in total. The van der Waals surface area contributed by atoms with Crippen LogP contribution in [0.25, 0.3) is 0 Å². The second-order valence-electron chi connectivity index (χ2n) is 6.31. The molecule has 146 valence electrons. The molecule has 0 unspecified atom stereocenters. The summed E-state index contributed by atoms with van der Waals surface area (Å²) in [6.07, 6.45) is 0.837. The molecule has 1 aromatic carbocycles. The Hall–Kier alpha value is -3.49. The highest BCUT2D eigenvalue weighted by Crippen LogP contribution is 2.17. The minimum atomic E-state index is -0.481. The quantitative estimate of drug-likeness (QED) is 0.609. The number of carbonyl (C=O) groups excluding carboxylic acids is 3. The van der Waals surface area contributed by atoms with Crippen LogP contribution in [0, 0.1) is 6.92 Å². The standard InChI is InChI=1S/C19H21N5O4/c1-13-20-16(11-17(21-13)24-8-6-23(12-25)7-9-24)18(26)22-15-5-3-4-14(10-15)19(27)28-2/h3-5,10-12H,6-9H2,1-2H3,(H,22,26). The Morgan fingerprint density at radius 3 is 2.57 bits per heavy atom. The number of nitrogens with zero attached hydrogens (tertiary/aromatic N) is 4. The monoisotopic (exact) mass is 383 g/mol. The van der Waals surface area contributed by atoms with Crippen LogP contribution in [-0.4, -0.2) is 66.4 Å². The molecule has 1 aliphatic rings. The Labute approximate surface area is 162 Å². The van der Waals surface area contributed by atoms with E-state index < -0.39 is 11.9 Å². The van der Waals surface area contributed by atoms with Gasteiger partial charge >= 0.3 is 5.97 Å². The second kappa shape index (κ2) is 8.47. The Bertz CT molecular complexity index is 894. The van der Waals surface area contributed by atoms with E-state index in [1.54, 1.807) is 36.1 Å². The van der Waals surface area contributed by atoms with Crippen LogP contribution in [0.1, 0.15) is 26.7 Å². The van der Waals surface area contributed by atoms with Crippen molar-refractivity contribution < 1.29 is 19.1 Å². The van der Waals surface area contributed by atoms with Crippen molar-refractivity contribution in [1.29, 1.82) is 0 Å². The molecule has 0 radical (unpaired) electrons. The molecule has 0 aliphatic carbocycles. The fourth-order valence-electron chi connectivity index (χ4n) is 2.92. The zero-order valence-corrected chi connectivity index (χ0v) is 15.7. The molecule has 2 amide bonds. The normalized spacial score (nSPS) is 13.8. The van der Waals surface area contributed by atoms with Crippen LogP contribution in [0.5, 0.6) is 0 Å². The van der Waals surface area contributed by atoms with Gasteiger partial charge in [0.2, 0.25) is 6.41 Å². The van der Waals surface area contributed by atoms with Crippen LogP contribution in [0.15, 0.2) is 30.3 Å². The number of nitrogens with one attached hydrogen (secondary N) is 1. The predicted molar refractivity (Wildman–Crippen MR) is 102 cm³/mol. The number of ether oxygens (including phenoxy) is 1. The summed E-state index contributed by atoms with van der Waals surface area (Å²) in [5, 5.41) is 2.74. The van der Waals surface area contributed by atoms with E-state index in [0.29, 0.717) is 49.1 Å². The van der Waals surface area contributed by atoms with Gasteiger partial charge in [-0.05, 0) is 25.1 Å². The van der Waals surface area contributed by atoms with Crippen LogP contribution in [0.4, 0.5) is 11.5 Å². The lowest BCUT2D eigenvalue weighted by Gasteiger charge is -2.33. The summed E-state index contributed by atoms with van der Waals surface area (Å²) < 4.78 is 4.69. The van der Waals surface area contributed by atoms with Crippen LogP contribution in [-0.2, 0) is 9.53 Å². The first-order valence-corrected chi connectivity index (χ1v) is 8.80. The lowest BCUT2D eigenvalue weighted by Crippen LogP contribution is -2.46. The fraction of sp³-hybridized carbons (Fsp3) is 0.316. The first-order chi connectivity index (χ1) is 13.5. The molecule has 1 saturated heterocycles. The number of aromatic nitrogens is 2. The number of hydrogen-bond acceptors (Lipinski definition) is 7. The molecule has 1 aliphatic heterocycles. The van der Waals surface area contributed by atoms with Crippen molar-refractivity contribution in [3.63, 3.8) is 0 Å². The molecule has 1 fully saturated rings. The summed E-state index contributed by atoms with van der Waals surface area (Å²) in [6.45, 7) is 4.21. The number of amides is 2. The zero-order valence-electron chi connectivity index (χ0n) is 15.7. The number of aryl methyl sites for hydroxylation is 1. The third-order valence-corrected chi connectivity index (χ3v) is 4.39. The Morgan fingerprint density at radius 1 is 1.14 bits per heavy atom. The van der Waals surface area contributed by atoms with E-state index in [9.17, 15) is 14.4 Å². The Morgan fingerprint density at radius 2 is 1.89 bits per heavy atom. The molecule has 0 bridgehead atoms. The third-order valence-electron chi connectivity index (χ3n) is 4.39. The van der Waals surface area contributed by atoms with Gasteiger partial charge in [0.05, 0.1) is 12.7 Å². The smallest absolute Gasteiger partial charge is 0.337 e. The van der Waals surface area contributed by atoms with Gasteiger partial charge in [-0.25, -0.2) is 14.8 Å². The molecule has 0 saturated carbocycles. The van der Waals surface area contributed by atoms with Gasteiger partial charge in [-0.3, -0.25) is 9.59 Å². The number of methoxy groups -OCH3 is 1. The lowest BCUT2D eigenvalue weighted by molar-refractivity contribution is -0.118. The Kier molecular flexibility index (Phi) is 5.83. The van der Waals surface area contributed by atoms with Gasteiger partial charge in [0, 0.05) is 37.9 Å². The van der Waals surface area contributed by atoms with Crippen molar-refractivity contribution in [3.8, 4) is 0 Å². The van der Waals surface area contributed by atoms with E-state index in [-0.39, 0.29) is 5.69 Å². The molecule has 9 heteroatoms. The highest BCUT2D eigenvalue weighted by Gasteiger charge is 2.19. The topological polar surface area (TPSA) is 105 Å². The molecular formula is C19H21N5O4. The van der Waals surface area contributed by atoms with E-state index in [1.807, 2.05) is 4.90 Å². The van der Waals surface area contributed by atoms with Gasteiger partial charge < -0.3 is 19.9 Å². The van der Waals surface area contributed by atoms with Crippen molar-refractivity contribution in [2.75, 3.05) is 43.5 Å².